The molecule has 0 radical (unpaired) electrons. The number of imidazole rings is 1. The number of aromatic nitrogens is 3. The van der Waals surface area contributed by atoms with Gasteiger partial charge in [-0.3, -0.25) is 4.79 Å². The Labute approximate surface area is 145 Å². The van der Waals surface area contributed by atoms with Gasteiger partial charge in [-0.1, -0.05) is 0 Å². The molecule has 1 aliphatic rings. The standard InChI is InChI=1S/C16H22N4O3S/c21-16(2-1-5-20-6-4-17-11-20)19-14-9-22-7-3-15(14)23-8-13-10-24-12-18-13/h4,6,10-12,14-15H,1-3,5,7-9H2,(H,19,21)/t14-,15+/m1/s1. The number of aryl methyl sites for hydroxylation is 1. The van der Waals surface area contributed by atoms with Crippen LogP contribution in [0.15, 0.2) is 29.6 Å². The number of carbonyl (C=O) groups is 1. The largest absolute Gasteiger partial charge is 0.379 e. The highest BCUT2D eigenvalue weighted by atomic mass is 32.1. The maximum atomic E-state index is 12.2. The van der Waals surface area contributed by atoms with Crippen LogP contribution in [0, 0.1) is 0 Å². The van der Waals surface area contributed by atoms with Gasteiger partial charge in [-0.05, 0) is 12.8 Å². The van der Waals surface area contributed by atoms with Gasteiger partial charge in [0.15, 0.2) is 0 Å². The second-order valence-corrected chi connectivity index (χ2v) is 6.49. The van der Waals surface area contributed by atoms with Crippen molar-refractivity contribution >= 4 is 17.2 Å². The Morgan fingerprint density at radius 3 is 3.29 bits per heavy atom. The fourth-order valence-electron chi connectivity index (χ4n) is 2.67. The zero-order valence-electron chi connectivity index (χ0n) is 13.5. The number of rotatable bonds is 8. The highest BCUT2D eigenvalue weighted by Crippen LogP contribution is 2.15. The van der Waals surface area contributed by atoms with E-state index in [-0.39, 0.29) is 18.1 Å². The molecular weight excluding hydrogens is 328 g/mol. The first-order valence-electron chi connectivity index (χ1n) is 8.13. The van der Waals surface area contributed by atoms with Gasteiger partial charge in [-0.2, -0.15) is 0 Å². The lowest BCUT2D eigenvalue weighted by atomic mass is 10.1. The lowest BCUT2D eigenvalue weighted by molar-refractivity contribution is -0.126. The number of carbonyl (C=O) groups excluding carboxylic acids is 1. The number of nitrogens with zero attached hydrogens (tertiary/aromatic N) is 3. The number of hydrogen-bond donors (Lipinski definition) is 1. The van der Waals surface area contributed by atoms with E-state index in [0.717, 1.165) is 25.1 Å². The SMILES string of the molecule is O=C(CCCn1ccnc1)N[C@@H]1COCC[C@@H]1OCc1cscn1. The van der Waals surface area contributed by atoms with Gasteiger partial charge in [0.05, 0.1) is 42.9 Å². The average Bonchev–Trinajstić information content (AvgIpc) is 3.28. The van der Waals surface area contributed by atoms with Gasteiger partial charge in [-0.25, -0.2) is 9.97 Å². The van der Waals surface area contributed by atoms with Gasteiger partial charge < -0.3 is 19.4 Å². The molecule has 0 aliphatic carbocycles. The number of hydrogen-bond acceptors (Lipinski definition) is 6. The monoisotopic (exact) mass is 350 g/mol. The molecule has 24 heavy (non-hydrogen) atoms. The minimum absolute atomic E-state index is 0.0296. The normalized spacial score (nSPS) is 20.8. The van der Waals surface area contributed by atoms with Crippen LogP contribution in [-0.2, 0) is 27.4 Å². The second kappa shape index (κ2) is 8.91. The zero-order chi connectivity index (χ0) is 16.6. The van der Waals surface area contributed by atoms with Crippen LogP contribution in [0.25, 0.3) is 0 Å². The Hall–Kier alpha value is -1.77. The van der Waals surface area contributed by atoms with Gasteiger partial charge in [0, 0.05) is 37.3 Å². The van der Waals surface area contributed by atoms with E-state index in [1.54, 1.807) is 29.4 Å². The highest BCUT2D eigenvalue weighted by molar-refractivity contribution is 7.07. The lowest BCUT2D eigenvalue weighted by Crippen LogP contribution is -2.50. The van der Waals surface area contributed by atoms with Crippen LogP contribution in [-0.4, -0.2) is 45.8 Å². The summed E-state index contributed by atoms with van der Waals surface area (Å²) in [6.45, 7) is 2.42. The highest BCUT2D eigenvalue weighted by Gasteiger charge is 2.28. The summed E-state index contributed by atoms with van der Waals surface area (Å²) in [5.41, 5.74) is 2.72. The first-order chi connectivity index (χ1) is 11.8. The molecule has 1 fully saturated rings. The van der Waals surface area contributed by atoms with Crippen molar-refractivity contribution in [2.75, 3.05) is 13.2 Å². The van der Waals surface area contributed by atoms with Gasteiger partial charge in [0.1, 0.15) is 0 Å². The van der Waals surface area contributed by atoms with E-state index in [1.165, 1.54) is 0 Å². The molecule has 0 unspecified atom stereocenters. The minimum Gasteiger partial charge on any atom is -0.379 e. The van der Waals surface area contributed by atoms with E-state index in [4.69, 9.17) is 9.47 Å². The maximum absolute atomic E-state index is 12.2. The predicted octanol–water partition coefficient (Wildman–Crippen LogP) is 1.61. The molecule has 130 valence electrons. The summed E-state index contributed by atoms with van der Waals surface area (Å²) in [5, 5.41) is 5.02. The molecule has 2 atom stereocenters. The minimum atomic E-state index is -0.0990. The van der Waals surface area contributed by atoms with E-state index in [2.05, 4.69) is 15.3 Å². The summed E-state index contributed by atoms with van der Waals surface area (Å²) >= 11 is 1.55. The molecule has 2 aromatic heterocycles. The molecule has 3 rings (SSSR count). The third-order valence-electron chi connectivity index (χ3n) is 3.95. The first-order valence-corrected chi connectivity index (χ1v) is 9.07. The molecule has 0 bridgehead atoms. The number of nitrogens with one attached hydrogen (secondary N) is 1. The van der Waals surface area contributed by atoms with Crippen molar-refractivity contribution in [3.8, 4) is 0 Å². The molecule has 1 aliphatic heterocycles. The zero-order valence-corrected chi connectivity index (χ0v) is 14.3. The predicted molar refractivity (Wildman–Crippen MR) is 89.5 cm³/mol. The van der Waals surface area contributed by atoms with Crippen molar-refractivity contribution in [3.05, 3.63) is 35.3 Å². The van der Waals surface area contributed by atoms with Gasteiger partial charge in [-0.15, -0.1) is 11.3 Å². The van der Waals surface area contributed by atoms with Crippen molar-refractivity contribution in [1.29, 1.82) is 0 Å². The van der Waals surface area contributed by atoms with Crippen LogP contribution in [0.4, 0.5) is 0 Å². The topological polar surface area (TPSA) is 78.3 Å². The first kappa shape index (κ1) is 17.1. The van der Waals surface area contributed by atoms with Crippen molar-refractivity contribution in [2.24, 2.45) is 0 Å². The van der Waals surface area contributed by atoms with E-state index >= 15 is 0 Å². The van der Waals surface area contributed by atoms with E-state index in [0.29, 0.717) is 26.2 Å². The molecule has 1 N–H and O–H groups in total. The summed E-state index contributed by atoms with van der Waals surface area (Å²) < 4.78 is 13.4. The van der Waals surface area contributed by atoms with Crippen molar-refractivity contribution in [1.82, 2.24) is 19.9 Å². The quantitative estimate of drug-likeness (QED) is 0.782. The Kier molecular flexibility index (Phi) is 6.33. The summed E-state index contributed by atoms with van der Waals surface area (Å²) in [5.74, 6) is 0.0351. The Bertz CT molecular complexity index is 603. The molecule has 1 amide bonds. The smallest absolute Gasteiger partial charge is 0.220 e. The fourth-order valence-corrected chi connectivity index (χ4v) is 3.22. The van der Waals surface area contributed by atoms with Crippen LogP contribution in [0.2, 0.25) is 0 Å². The molecule has 7 nitrogen and oxygen atoms in total. The van der Waals surface area contributed by atoms with Crippen molar-refractivity contribution in [3.63, 3.8) is 0 Å². The molecular formula is C16H22N4O3S. The molecule has 3 heterocycles. The van der Waals surface area contributed by atoms with E-state index < -0.39 is 0 Å². The van der Waals surface area contributed by atoms with Crippen LogP contribution in [0.3, 0.4) is 0 Å². The fraction of sp³-hybridized carbons (Fsp3) is 0.562. The third kappa shape index (κ3) is 5.12. The summed E-state index contributed by atoms with van der Waals surface area (Å²) in [6, 6.07) is -0.0990. The summed E-state index contributed by atoms with van der Waals surface area (Å²) in [4.78, 5) is 20.4. The van der Waals surface area contributed by atoms with Crippen LogP contribution >= 0.6 is 11.3 Å². The Morgan fingerprint density at radius 2 is 2.50 bits per heavy atom. The number of amides is 1. The van der Waals surface area contributed by atoms with Gasteiger partial charge >= 0.3 is 0 Å². The lowest BCUT2D eigenvalue weighted by Gasteiger charge is -2.32. The van der Waals surface area contributed by atoms with E-state index in [1.807, 2.05) is 16.1 Å². The third-order valence-corrected chi connectivity index (χ3v) is 4.58. The van der Waals surface area contributed by atoms with Crippen molar-refractivity contribution < 1.29 is 14.3 Å². The van der Waals surface area contributed by atoms with Crippen molar-refractivity contribution in [2.45, 2.75) is 44.6 Å². The number of ether oxygens (including phenoxy) is 2. The van der Waals surface area contributed by atoms with Crippen LogP contribution < -0.4 is 5.32 Å². The van der Waals surface area contributed by atoms with Gasteiger partial charge in [0.2, 0.25) is 5.91 Å². The second-order valence-electron chi connectivity index (χ2n) is 5.77. The maximum Gasteiger partial charge on any atom is 0.220 e. The average molecular weight is 350 g/mol. The van der Waals surface area contributed by atoms with Crippen LogP contribution in [0.1, 0.15) is 25.0 Å². The molecule has 0 saturated carbocycles. The van der Waals surface area contributed by atoms with Gasteiger partial charge in [0.25, 0.3) is 0 Å². The summed E-state index contributed by atoms with van der Waals surface area (Å²) in [6.07, 6.45) is 7.41. The Morgan fingerprint density at radius 1 is 1.54 bits per heavy atom. The van der Waals surface area contributed by atoms with E-state index in [9.17, 15) is 4.79 Å². The molecule has 2 aromatic rings. The number of thiazole rings is 1. The molecule has 8 heteroatoms. The Balaban J connectivity index is 1.41. The molecule has 0 aromatic carbocycles. The molecule has 0 spiro atoms. The summed E-state index contributed by atoms with van der Waals surface area (Å²) in [7, 11) is 0. The van der Waals surface area contributed by atoms with Crippen LogP contribution in [0.5, 0.6) is 0 Å². The molecule has 1 saturated heterocycles.